The molecule has 0 unspecified atom stereocenters. The van der Waals surface area contributed by atoms with E-state index in [1.165, 1.54) is 11.8 Å². The van der Waals surface area contributed by atoms with Crippen molar-refractivity contribution in [3.63, 3.8) is 0 Å². The quantitative estimate of drug-likeness (QED) is 0.656. The summed E-state index contributed by atoms with van der Waals surface area (Å²) in [6.45, 7) is 1.74. The first-order valence-corrected chi connectivity index (χ1v) is 6.53. The predicted molar refractivity (Wildman–Crippen MR) is 71.9 cm³/mol. The van der Waals surface area contributed by atoms with Crippen molar-refractivity contribution < 1.29 is 9.90 Å². The Bertz CT molecular complexity index is 412. The molecule has 0 heterocycles. The summed E-state index contributed by atoms with van der Waals surface area (Å²) in [6.07, 6.45) is 1.41. The van der Waals surface area contributed by atoms with E-state index >= 15 is 0 Å². The lowest BCUT2D eigenvalue weighted by Gasteiger charge is -1.97. The van der Waals surface area contributed by atoms with Crippen molar-refractivity contribution in [3.05, 3.63) is 35.4 Å². The largest absolute Gasteiger partial charge is 0.396 e. The zero-order chi connectivity index (χ0) is 12.5. The molecule has 0 radical (unpaired) electrons. The molecular formula is C14H16O2S. The Morgan fingerprint density at radius 3 is 2.65 bits per heavy atom. The SMILES string of the molecule is CC(=O)SCCC#Cc1ccc(CCO)cc1. The van der Waals surface area contributed by atoms with Crippen molar-refractivity contribution in [2.45, 2.75) is 19.8 Å². The van der Waals surface area contributed by atoms with Crippen LogP contribution in [-0.4, -0.2) is 22.6 Å². The molecule has 2 nitrogen and oxygen atoms in total. The van der Waals surface area contributed by atoms with Crippen LogP contribution in [0, 0.1) is 11.8 Å². The molecule has 3 heteroatoms. The van der Waals surface area contributed by atoms with Crippen LogP contribution in [0.4, 0.5) is 0 Å². The Labute approximate surface area is 106 Å². The van der Waals surface area contributed by atoms with Crippen molar-refractivity contribution in [2.24, 2.45) is 0 Å². The van der Waals surface area contributed by atoms with Gasteiger partial charge in [0.05, 0.1) is 0 Å². The van der Waals surface area contributed by atoms with Crippen LogP contribution < -0.4 is 0 Å². The average Bonchev–Trinajstić information content (AvgIpc) is 2.31. The van der Waals surface area contributed by atoms with Crippen molar-refractivity contribution in [1.82, 2.24) is 0 Å². The fraction of sp³-hybridized carbons (Fsp3) is 0.357. The summed E-state index contributed by atoms with van der Waals surface area (Å²) in [4.78, 5) is 10.7. The fourth-order valence-corrected chi connectivity index (χ4v) is 1.79. The zero-order valence-electron chi connectivity index (χ0n) is 9.90. The van der Waals surface area contributed by atoms with Crippen molar-refractivity contribution in [1.29, 1.82) is 0 Å². The molecule has 0 fully saturated rings. The van der Waals surface area contributed by atoms with Crippen LogP contribution >= 0.6 is 11.8 Å². The van der Waals surface area contributed by atoms with E-state index in [2.05, 4.69) is 11.8 Å². The van der Waals surface area contributed by atoms with Crippen molar-refractivity contribution in [2.75, 3.05) is 12.4 Å². The maximum absolute atomic E-state index is 10.7. The number of hydrogen-bond acceptors (Lipinski definition) is 3. The average molecular weight is 248 g/mol. The minimum absolute atomic E-state index is 0.139. The summed E-state index contributed by atoms with van der Waals surface area (Å²) in [5.41, 5.74) is 2.09. The van der Waals surface area contributed by atoms with Gasteiger partial charge in [-0.05, 0) is 24.1 Å². The summed E-state index contributed by atoms with van der Waals surface area (Å²) in [7, 11) is 0. The number of carbonyl (C=O) groups is 1. The Morgan fingerprint density at radius 2 is 2.06 bits per heavy atom. The number of carbonyl (C=O) groups excluding carboxylic acids is 1. The van der Waals surface area contributed by atoms with E-state index in [4.69, 9.17) is 5.11 Å². The third-order valence-electron chi connectivity index (χ3n) is 2.12. The number of aliphatic hydroxyl groups is 1. The number of benzene rings is 1. The predicted octanol–water partition coefficient (Wildman–Crippen LogP) is 2.24. The number of hydrogen-bond donors (Lipinski definition) is 1. The van der Waals surface area contributed by atoms with Crippen LogP contribution in [0.25, 0.3) is 0 Å². The van der Waals surface area contributed by atoms with Gasteiger partial charge in [0.1, 0.15) is 0 Å². The van der Waals surface area contributed by atoms with Gasteiger partial charge in [0.25, 0.3) is 0 Å². The Balaban J connectivity index is 2.40. The van der Waals surface area contributed by atoms with Gasteiger partial charge >= 0.3 is 0 Å². The lowest BCUT2D eigenvalue weighted by atomic mass is 10.1. The summed E-state index contributed by atoms with van der Waals surface area (Å²) < 4.78 is 0. The molecular weight excluding hydrogens is 232 g/mol. The highest BCUT2D eigenvalue weighted by Crippen LogP contribution is 2.05. The van der Waals surface area contributed by atoms with Gasteiger partial charge in [0, 0.05) is 31.3 Å². The second-order valence-corrected chi connectivity index (χ2v) is 4.83. The van der Waals surface area contributed by atoms with Gasteiger partial charge in [-0.15, -0.1) is 0 Å². The van der Waals surface area contributed by atoms with Gasteiger partial charge in [0.15, 0.2) is 5.12 Å². The van der Waals surface area contributed by atoms with Crippen molar-refractivity contribution >= 4 is 16.9 Å². The first-order chi connectivity index (χ1) is 8.22. The first-order valence-electron chi connectivity index (χ1n) is 5.54. The molecule has 17 heavy (non-hydrogen) atoms. The van der Waals surface area contributed by atoms with E-state index in [1.54, 1.807) is 6.92 Å². The number of thioether (sulfide) groups is 1. The van der Waals surface area contributed by atoms with Crippen LogP contribution in [0.5, 0.6) is 0 Å². The normalized spacial score (nSPS) is 9.53. The van der Waals surface area contributed by atoms with Crippen LogP contribution in [0.3, 0.4) is 0 Å². The van der Waals surface area contributed by atoms with E-state index < -0.39 is 0 Å². The standard InChI is InChI=1S/C14H16O2S/c1-12(16)17-11-3-2-4-13-5-7-14(8-6-13)9-10-15/h5-8,15H,3,9-11H2,1H3. The highest BCUT2D eigenvalue weighted by molar-refractivity contribution is 8.13. The summed E-state index contributed by atoms with van der Waals surface area (Å²) >= 11 is 1.31. The second kappa shape index (κ2) is 7.94. The summed E-state index contributed by atoms with van der Waals surface area (Å²) in [5.74, 6) is 6.84. The van der Waals surface area contributed by atoms with Crippen LogP contribution in [0.1, 0.15) is 24.5 Å². The molecule has 0 saturated heterocycles. The fourth-order valence-electron chi connectivity index (χ4n) is 1.29. The lowest BCUT2D eigenvalue weighted by molar-refractivity contribution is -0.109. The molecule has 1 aromatic rings. The highest BCUT2D eigenvalue weighted by Gasteiger charge is 1.92. The minimum atomic E-state index is 0.139. The van der Waals surface area contributed by atoms with Gasteiger partial charge < -0.3 is 5.11 Å². The Morgan fingerprint density at radius 1 is 1.35 bits per heavy atom. The van der Waals surface area contributed by atoms with E-state index in [-0.39, 0.29) is 11.7 Å². The Hall–Kier alpha value is -1.24. The van der Waals surface area contributed by atoms with Gasteiger partial charge in [-0.25, -0.2) is 0 Å². The lowest BCUT2D eigenvalue weighted by Crippen LogP contribution is -1.89. The number of rotatable bonds is 4. The smallest absolute Gasteiger partial charge is 0.185 e. The molecule has 0 spiro atoms. The highest BCUT2D eigenvalue weighted by atomic mass is 32.2. The third-order valence-corrected chi connectivity index (χ3v) is 2.93. The monoisotopic (exact) mass is 248 g/mol. The van der Waals surface area contributed by atoms with Crippen LogP contribution in [0.2, 0.25) is 0 Å². The summed E-state index contributed by atoms with van der Waals surface area (Å²) in [6, 6.07) is 7.86. The van der Waals surface area contributed by atoms with E-state index in [0.717, 1.165) is 23.3 Å². The van der Waals surface area contributed by atoms with Crippen molar-refractivity contribution in [3.8, 4) is 11.8 Å². The molecule has 1 aromatic carbocycles. The number of aliphatic hydroxyl groups excluding tert-OH is 1. The molecule has 0 atom stereocenters. The second-order valence-electron chi connectivity index (χ2n) is 3.56. The molecule has 0 aliphatic heterocycles. The van der Waals surface area contributed by atoms with Gasteiger partial charge in [-0.3, -0.25) is 4.79 Å². The molecule has 0 aliphatic carbocycles. The van der Waals surface area contributed by atoms with Gasteiger partial charge in [-0.2, -0.15) is 0 Å². The molecule has 0 aromatic heterocycles. The minimum Gasteiger partial charge on any atom is -0.396 e. The molecule has 90 valence electrons. The van der Waals surface area contributed by atoms with Crippen LogP contribution in [-0.2, 0) is 11.2 Å². The third kappa shape index (κ3) is 6.15. The maximum Gasteiger partial charge on any atom is 0.185 e. The first kappa shape index (κ1) is 13.8. The molecule has 0 amide bonds. The molecule has 0 saturated carbocycles. The zero-order valence-corrected chi connectivity index (χ0v) is 10.7. The molecule has 0 bridgehead atoms. The maximum atomic E-state index is 10.7. The molecule has 1 N–H and O–H groups in total. The topological polar surface area (TPSA) is 37.3 Å². The van der Waals surface area contributed by atoms with Gasteiger partial charge in [-0.1, -0.05) is 35.7 Å². The van der Waals surface area contributed by atoms with E-state index in [1.807, 2.05) is 24.3 Å². The Kier molecular flexibility index (Phi) is 6.46. The molecule has 0 aliphatic rings. The molecule has 1 rings (SSSR count). The van der Waals surface area contributed by atoms with Gasteiger partial charge in [0.2, 0.25) is 0 Å². The van der Waals surface area contributed by atoms with Crippen LogP contribution in [0.15, 0.2) is 24.3 Å². The van der Waals surface area contributed by atoms with E-state index in [0.29, 0.717) is 6.42 Å². The summed E-state index contributed by atoms with van der Waals surface area (Å²) in [5, 5.41) is 8.92. The van der Waals surface area contributed by atoms with E-state index in [9.17, 15) is 4.79 Å².